The van der Waals surface area contributed by atoms with Crippen LogP contribution in [0, 0.1) is 5.41 Å². The second kappa shape index (κ2) is 5.70. The van der Waals surface area contributed by atoms with Crippen LogP contribution >= 0.6 is 0 Å². The fourth-order valence-corrected chi connectivity index (χ4v) is 2.01. The lowest BCUT2D eigenvalue weighted by Crippen LogP contribution is -2.43. The van der Waals surface area contributed by atoms with Crippen LogP contribution in [0.15, 0.2) is 0 Å². The van der Waals surface area contributed by atoms with Gasteiger partial charge in [0.15, 0.2) is 0 Å². The fraction of sp³-hybridized carbons (Fsp3) is 0.727. The van der Waals surface area contributed by atoms with Crippen molar-refractivity contribution in [1.29, 1.82) is 0 Å². The van der Waals surface area contributed by atoms with Crippen molar-refractivity contribution >= 4 is 17.9 Å². The molecule has 0 saturated carbocycles. The minimum atomic E-state index is -0.952. The molecule has 7 nitrogen and oxygen atoms in total. The largest absolute Gasteiger partial charge is 0.481 e. The first-order valence-electron chi connectivity index (χ1n) is 5.86. The SMILES string of the molecule is CNC(=O)C1(C)CCN(C(=O)NCCC(=O)O)C1. The Morgan fingerprint density at radius 2 is 2.06 bits per heavy atom. The second-order valence-electron chi connectivity index (χ2n) is 4.69. The van der Waals surface area contributed by atoms with Gasteiger partial charge in [-0.05, 0) is 13.3 Å². The molecule has 1 unspecified atom stereocenters. The van der Waals surface area contributed by atoms with Gasteiger partial charge in [-0.3, -0.25) is 9.59 Å². The summed E-state index contributed by atoms with van der Waals surface area (Å²) in [5.74, 6) is -1.03. The summed E-state index contributed by atoms with van der Waals surface area (Å²) >= 11 is 0. The predicted octanol–water partition coefficient (Wildman–Crippen LogP) is -0.371. The number of likely N-dealkylation sites (tertiary alicyclic amines) is 1. The van der Waals surface area contributed by atoms with Crippen molar-refractivity contribution in [2.75, 3.05) is 26.7 Å². The average molecular weight is 257 g/mol. The summed E-state index contributed by atoms with van der Waals surface area (Å²) in [5, 5.41) is 13.6. The third-order valence-electron chi connectivity index (χ3n) is 3.15. The normalized spacial score (nSPS) is 22.7. The van der Waals surface area contributed by atoms with Crippen molar-refractivity contribution in [3.8, 4) is 0 Å². The lowest BCUT2D eigenvalue weighted by atomic mass is 9.89. The molecular formula is C11H19N3O4. The number of rotatable bonds is 4. The molecular weight excluding hydrogens is 238 g/mol. The van der Waals surface area contributed by atoms with E-state index < -0.39 is 11.4 Å². The van der Waals surface area contributed by atoms with Gasteiger partial charge in [0.1, 0.15) is 0 Å². The molecule has 1 fully saturated rings. The van der Waals surface area contributed by atoms with E-state index in [0.717, 1.165) is 0 Å². The molecule has 102 valence electrons. The van der Waals surface area contributed by atoms with Crippen molar-refractivity contribution in [2.45, 2.75) is 19.8 Å². The van der Waals surface area contributed by atoms with Gasteiger partial charge in [0.2, 0.25) is 5.91 Å². The van der Waals surface area contributed by atoms with E-state index in [4.69, 9.17) is 5.11 Å². The highest BCUT2D eigenvalue weighted by Crippen LogP contribution is 2.29. The molecule has 0 aliphatic carbocycles. The maximum absolute atomic E-state index is 11.7. The molecule has 3 N–H and O–H groups in total. The van der Waals surface area contributed by atoms with Gasteiger partial charge >= 0.3 is 12.0 Å². The van der Waals surface area contributed by atoms with Crippen LogP contribution in [-0.2, 0) is 9.59 Å². The lowest BCUT2D eigenvalue weighted by molar-refractivity contribution is -0.136. The summed E-state index contributed by atoms with van der Waals surface area (Å²) in [5.41, 5.74) is -0.557. The van der Waals surface area contributed by atoms with E-state index in [9.17, 15) is 14.4 Å². The molecule has 0 bridgehead atoms. The number of nitrogens with zero attached hydrogens (tertiary/aromatic N) is 1. The molecule has 18 heavy (non-hydrogen) atoms. The Morgan fingerprint density at radius 1 is 1.39 bits per heavy atom. The zero-order valence-corrected chi connectivity index (χ0v) is 10.7. The molecule has 3 amide bonds. The van der Waals surface area contributed by atoms with Gasteiger partial charge in [-0.2, -0.15) is 0 Å². The summed E-state index contributed by atoms with van der Waals surface area (Å²) in [4.78, 5) is 35.2. The molecule has 0 aromatic heterocycles. The van der Waals surface area contributed by atoms with Crippen LogP contribution in [0.2, 0.25) is 0 Å². The summed E-state index contributed by atoms with van der Waals surface area (Å²) in [6, 6.07) is -0.316. The van der Waals surface area contributed by atoms with Crippen LogP contribution in [-0.4, -0.2) is 54.6 Å². The minimum absolute atomic E-state index is 0.0802. The van der Waals surface area contributed by atoms with E-state index in [-0.39, 0.29) is 24.9 Å². The van der Waals surface area contributed by atoms with Crippen molar-refractivity contribution in [3.05, 3.63) is 0 Å². The highest BCUT2D eigenvalue weighted by Gasteiger charge is 2.41. The maximum Gasteiger partial charge on any atom is 0.317 e. The zero-order valence-electron chi connectivity index (χ0n) is 10.7. The standard InChI is InChI=1S/C11H19N3O4/c1-11(9(17)12-2)4-6-14(7-11)10(18)13-5-3-8(15)16/h3-7H2,1-2H3,(H,12,17)(H,13,18)(H,15,16). The van der Waals surface area contributed by atoms with Gasteiger partial charge in [0, 0.05) is 26.7 Å². The molecule has 1 aliphatic heterocycles. The van der Waals surface area contributed by atoms with E-state index in [2.05, 4.69) is 10.6 Å². The molecule has 1 heterocycles. The summed E-state index contributed by atoms with van der Waals surface area (Å²) in [7, 11) is 1.57. The van der Waals surface area contributed by atoms with Crippen molar-refractivity contribution in [1.82, 2.24) is 15.5 Å². The third-order valence-corrected chi connectivity index (χ3v) is 3.15. The number of urea groups is 1. The summed E-state index contributed by atoms with van der Waals surface area (Å²) < 4.78 is 0. The van der Waals surface area contributed by atoms with Gasteiger partial charge in [-0.1, -0.05) is 0 Å². The van der Waals surface area contributed by atoms with Gasteiger partial charge in [-0.25, -0.2) is 4.79 Å². The van der Waals surface area contributed by atoms with E-state index in [1.54, 1.807) is 7.05 Å². The van der Waals surface area contributed by atoms with Crippen LogP contribution < -0.4 is 10.6 Å². The number of hydrogen-bond acceptors (Lipinski definition) is 3. The first-order valence-corrected chi connectivity index (χ1v) is 5.86. The van der Waals surface area contributed by atoms with Crippen LogP contribution in [0.1, 0.15) is 19.8 Å². The number of aliphatic carboxylic acids is 1. The topological polar surface area (TPSA) is 98.7 Å². The van der Waals surface area contributed by atoms with E-state index >= 15 is 0 Å². The monoisotopic (exact) mass is 257 g/mol. The van der Waals surface area contributed by atoms with E-state index in [0.29, 0.717) is 19.5 Å². The first-order chi connectivity index (χ1) is 8.39. The van der Waals surface area contributed by atoms with Gasteiger partial charge in [-0.15, -0.1) is 0 Å². The lowest BCUT2D eigenvalue weighted by Gasteiger charge is -2.22. The summed E-state index contributed by atoms with van der Waals surface area (Å²) in [6.45, 7) is 2.77. The molecule has 1 atom stereocenters. The Bertz CT molecular complexity index is 358. The first kappa shape index (κ1) is 14.3. The van der Waals surface area contributed by atoms with E-state index in [1.807, 2.05) is 6.92 Å². The minimum Gasteiger partial charge on any atom is -0.481 e. The molecule has 1 rings (SSSR count). The molecule has 1 saturated heterocycles. The van der Waals surface area contributed by atoms with Crippen molar-refractivity contribution < 1.29 is 19.5 Å². The van der Waals surface area contributed by atoms with Gasteiger partial charge < -0.3 is 20.6 Å². The molecule has 7 heteroatoms. The molecule has 0 aromatic rings. The Balaban J connectivity index is 2.44. The fourth-order valence-electron chi connectivity index (χ4n) is 2.01. The predicted molar refractivity (Wildman–Crippen MR) is 64.0 cm³/mol. The number of carboxylic acids is 1. The van der Waals surface area contributed by atoms with Crippen LogP contribution in [0.25, 0.3) is 0 Å². The van der Waals surface area contributed by atoms with Crippen molar-refractivity contribution in [3.63, 3.8) is 0 Å². The second-order valence-corrected chi connectivity index (χ2v) is 4.69. The Hall–Kier alpha value is -1.79. The highest BCUT2D eigenvalue weighted by molar-refractivity contribution is 5.84. The smallest absolute Gasteiger partial charge is 0.317 e. The number of carbonyl (C=O) groups excluding carboxylic acids is 2. The highest BCUT2D eigenvalue weighted by atomic mass is 16.4. The Labute approximate surface area is 106 Å². The maximum atomic E-state index is 11.7. The molecule has 0 radical (unpaired) electrons. The Morgan fingerprint density at radius 3 is 2.61 bits per heavy atom. The van der Waals surface area contributed by atoms with Crippen LogP contribution in [0.3, 0.4) is 0 Å². The Kier molecular flexibility index (Phi) is 4.52. The third kappa shape index (κ3) is 3.35. The summed E-state index contributed by atoms with van der Waals surface area (Å²) in [6.07, 6.45) is 0.505. The van der Waals surface area contributed by atoms with Crippen molar-refractivity contribution in [2.24, 2.45) is 5.41 Å². The van der Waals surface area contributed by atoms with E-state index in [1.165, 1.54) is 4.90 Å². The molecule has 0 spiro atoms. The molecule has 0 aromatic carbocycles. The number of nitrogens with one attached hydrogen (secondary N) is 2. The van der Waals surface area contributed by atoms with Gasteiger partial charge in [0.05, 0.1) is 11.8 Å². The average Bonchev–Trinajstić information content (AvgIpc) is 2.71. The molecule has 1 aliphatic rings. The quantitative estimate of drug-likeness (QED) is 0.640. The van der Waals surface area contributed by atoms with Crippen LogP contribution in [0.5, 0.6) is 0 Å². The zero-order chi connectivity index (χ0) is 13.8. The van der Waals surface area contributed by atoms with Crippen LogP contribution in [0.4, 0.5) is 4.79 Å². The number of hydrogen-bond donors (Lipinski definition) is 3. The number of carbonyl (C=O) groups is 3. The number of amides is 3. The van der Waals surface area contributed by atoms with Gasteiger partial charge in [0.25, 0.3) is 0 Å². The number of carboxylic acid groups (broad SMARTS) is 1.